The van der Waals surface area contributed by atoms with Crippen molar-refractivity contribution >= 4 is 22.6 Å². The summed E-state index contributed by atoms with van der Waals surface area (Å²) >= 11 is 1.69. The van der Waals surface area contributed by atoms with Gasteiger partial charge >= 0.3 is 0 Å². The minimum Gasteiger partial charge on any atom is -0.357 e. The highest BCUT2D eigenvalue weighted by molar-refractivity contribution is 8.13. The van der Waals surface area contributed by atoms with Crippen molar-refractivity contribution in [2.45, 2.75) is 11.8 Å². The Hall–Kier alpha value is -1.74. The van der Waals surface area contributed by atoms with Crippen molar-refractivity contribution in [1.29, 1.82) is 0 Å². The van der Waals surface area contributed by atoms with Crippen molar-refractivity contribution in [3.8, 4) is 0 Å². The summed E-state index contributed by atoms with van der Waals surface area (Å²) in [4.78, 5) is 7.99. The first-order valence-corrected chi connectivity index (χ1v) is 7.03. The normalized spacial score (nSPS) is 11.4. The molecule has 0 fully saturated rings. The lowest BCUT2D eigenvalue weighted by molar-refractivity contribution is 0.636. The Morgan fingerprint density at radius 2 is 1.58 bits per heavy atom. The van der Waals surface area contributed by atoms with Crippen LogP contribution >= 0.6 is 11.8 Å². The second-order valence-electron chi connectivity index (χ2n) is 4.49. The number of thioether (sulfide) groups is 1. The molecule has 98 valence electrons. The molecular weight excluding hydrogens is 252 g/mol. The Balaban J connectivity index is 2.27. The number of aliphatic imine (C=N–C) groups is 1. The molecule has 0 radical (unpaired) electrons. The first-order valence-electron chi connectivity index (χ1n) is 6.21. The summed E-state index contributed by atoms with van der Waals surface area (Å²) in [7, 11) is 4.04. The van der Waals surface area contributed by atoms with Gasteiger partial charge in [-0.15, -0.1) is 0 Å². The maximum Gasteiger partial charge on any atom is 0.168 e. The fourth-order valence-corrected chi connectivity index (χ4v) is 2.50. The van der Waals surface area contributed by atoms with Gasteiger partial charge in [-0.25, -0.2) is 4.99 Å². The minimum atomic E-state index is 0.979. The van der Waals surface area contributed by atoms with E-state index in [4.69, 9.17) is 4.99 Å². The van der Waals surface area contributed by atoms with Crippen molar-refractivity contribution in [1.82, 2.24) is 4.90 Å². The molecule has 0 amide bonds. The van der Waals surface area contributed by atoms with Gasteiger partial charge in [-0.3, -0.25) is 0 Å². The zero-order chi connectivity index (χ0) is 13.7. The lowest BCUT2D eigenvalue weighted by Crippen LogP contribution is -2.18. The van der Waals surface area contributed by atoms with Gasteiger partial charge in [-0.2, -0.15) is 0 Å². The largest absolute Gasteiger partial charge is 0.357 e. The summed E-state index contributed by atoms with van der Waals surface area (Å²) in [6.07, 6.45) is 0. The molecule has 3 heteroatoms. The highest BCUT2D eigenvalue weighted by atomic mass is 32.2. The van der Waals surface area contributed by atoms with E-state index in [2.05, 4.69) is 31.2 Å². The first kappa shape index (κ1) is 13.7. The minimum absolute atomic E-state index is 0.979. The molecule has 0 aliphatic carbocycles. The SMILES string of the molecule is Cc1ccccc1SC(=Nc1ccccc1)N(C)C. The van der Waals surface area contributed by atoms with Crippen LogP contribution in [0.25, 0.3) is 0 Å². The van der Waals surface area contributed by atoms with E-state index in [1.807, 2.05) is 49.3 Å². The zero-order valence-electron chi connectivity index (χ0n) is 11.5. The number of nitrogens with zero attached hydrogens (tertiary/aromatic N) is 2. The molecule has 0 saturated carbocycles. The summed E-state index contributed by atoms with van der Waals surface area (Å²) in [6.45, 7) is 2.12. The van der Waals surface area contributed by atoms with Crippen LogP contribution in [-0.2, 0) is 0 Å². The van der Waals surface area contributed by atoms with Gasteiger partial charge in [-0.1, -0.05) is 48.2 Å². The van der Waals surface area contributed by atoms with E-state index < -0.39 is 0 Å². The third-order valence-corrected chi connectivity index (χ3v) is 3.98. The lowest BCUT2D eigenvalue weighted by Gasteiger charge is -2.16. The number of amidine groups is 1. The molecule has 2 aromatic rings. The molecule has 0 heterocycles. The topological polar surface area (TPSA) is 15.6 Å². The molecule has 0 N–H and O–H groups in total. The summed E-state index contributed by atoms with van der Waals surface area (Å²) in [5, 5.41) is 0.987. The lowest BCUT2D eigenvalue weighted by atomic mass is 10.2. The molecule has 0 aromatic heterocycles. The van der Waals surface area contributed by atoms with Gasteiger partial charge in [0.25, 0.3) is 0 Å². The quantitative estimate of drug-likeness (QED) is 0.458. The van der Waals surface area contributed by atoms with Crippen molar-refractivity contribution in [2.24, 2.45) is 4.99 Å². The van der Waals surface area contributed by atoms with E-state index in [9.17, 15) is 0 Å². The van der Waals surface area contributed by atoms with Gasteiger partial charge in [0.1, 0.15) is 0 Å². The van der Waals surface area contributed by atoms with Crippen molar-refractivity contribution < 1.29 is 0 Å². The highest BCUT2D eigenvalue weighted by Crippen LogP contribution is 2.26. The molecule has 0 bridgehead atoms. The third kappa shape index (κ3) is 3.86. The van der Waals surface area contributed by atoms with E-state index in [0.29, 0.717) is 0 Å². The number of benzene rings is 2. The average Bonchev–Trinajstić information content (AvgIpc) is 2.41. The predicted molar refractivity (Wildman–Crippen MR) is 84.3 cm³/mol. The number of rotatable bonds is 2. The maximum absolute atomic E-state index is 4.70. The third-order valence-electron chi connectivity index (χ3n) is 2.66. The van der Waals surface area contributed by atoms with Crippen LogP contribution in [0, 0.1) is 6.92 Å². The number of hydrogen-bond acceptors (Lipinski definition) is 2. The molecule has 2 nitrogen and oxygen atoms in total. The Labute approximate surface area is 119 Å². The average molecular weight is 270 g/mol. The Morgan fingerprint density at radius 1 is 0.947 bits per heavy atom. The molecule has 2 aromatic carbocycles. The zero-order valence-corrected chi connectivity index (χ0v) is 12.3. The van der Waals surface area contributed by atoms with Gasteiger partial charge in [0, 0.05) is 19.0 Å². The van der Waals surface area contributed by atoms with Gasteiger partial charge < -0.3 is 4.90 Å². The summed E-state index contributed by atoms with van der Waals surface area (Å²) in [5.41, 5.74) is 2.25. The second-order valence-corrected chi connectivity index (χ2v) is 5.50. The molecule has 0 aliphatic heterocycles. The Morgan fingerprint density at radius 3 is 2.21 bits per heavy atom. The van der Waals surface area contributed by atoms with Crippen LogP contribution in [-0.4, -0.2) is 24.2 Å². The number of hydrogen-bond donors (Lipinski definition) is 0. The predicted octanol–water partition coefficient (Wildman–Crippen LogP) is 4.34. The van der Waals surface area contributed by atoms with Crippen LogP contribution in [0.2, 0.25) is 0 Å². The summed E-state index contributed by atoms with van der Waals surface area (Å²) in [5.74, 6) is 0. The molecule has 0 unspecified atom stereocenters. The van der Waals surface area contributed by atoms with Crippen LogP contribution in [0.4, 0.5) is 5.69 Å². The van der Waals surface area contributed by atoms with Crippen LogP contribution in [0.3, 0.4) is 0 Å². The Bertz CT molecular complexity index is 562. The van der Waals surface area contributed by atoms with E-state index in [0.717, 1.165) is 10.9 Å². The smallest absolute Gasteiger partial charge is 0.168 e. The van der Waals surface area contributed by atoms with E-state index in [1.165, 1.54) is 10.5 Å². The molecular formula is C16H18N2S. The summed E-state index contributed by atoms with van der Waals surface area (Å²) < 4.78 is 0. The fourth-order valence-electron chi connectivity index (χ4n) is 1.60. The molecule has 19 heavy (non-hydrogen) atoms. The number of para-hydroxylation sites is 1. The fraction of sp³-hybridized carbons (Fsp3) is 0.188. The van der Waals surface area contributed by atoms with Gasteiger partial charge in [0.15, 0.2) is 5.17 Å². The first-order chi connectivity index (χ1) is 9.16. The van der Waals surface area contributed by atoms with Gasteiger partial charge in [0.2, 0.25) is 0 Å². The van der Waals surface area contributed by atoms with Crippen LogP contribution in [0.5, 0.6) is 0 Å². The summed E-state index contributed by atoms with van der Waals surface area (Å²) in [6, 6.07) is 18.4. The Kier molecular flexibility index (Phi) is 4.63. The van der Waals surface area contributed by atoms with Crippen molar-refractivity contribution in [3.05, 3.63) is 60.2 Å². The van der Waals surface area contributed by atoms with Crippen LogP contribution in [0.1, 0.15) is 5.56 Å². The molecule has 0 spiro atoms. The molecule has 0 saturated heterocycles. The van der Waals surface area contributed by atoms with E-state index >= 15 is 0 Å². The van der Waals surface area contributed by atoms with Crippen LogP contribution in [0.15, 0.2) is 64.5 Å². The van der Waals surface area contributed by atoms with Gasteiger partial charge in [0.05, 0.1) is 5.69 Å². The van der Waals surface area contributed by atoms with Gasteiger partial charge in [-0.05, 0) is 30.7 Å². The van der Waals surface area contributed by atoms with Crippen molar-refractivity contribution in [2.75, 3.05) is 14.1 Å². The van der Waals surface area contributed by atoms with E-state index in [-0.39, 0.29) is 0 Å². The second kappa shape index (κ2) is 6.43. The molecule has 0 atom stereocenters. The maximum atomic E-state index is 4.70. The van der Waals surface area contributed by atoms with Crippen molar-refractivity contribution in [3.63, 3.8) is 0 Å². The molecule has 2 rings (SSSR count). The standard InChI is InChI=1S/C16H18N2S/c1-13-9-7-8-12-15(13)19-16(18(2)3)17-14-10-5-4-6-11-14/h4-12H,1-3H3. The highest BCUT2D eigenvalue weighted by Gasteiger charge is 2.07. The monoisotopic (exact) mass is 270 g/mol. The van der Waals surface area contributed by atoms with E-state index in [1.54, 1.807) is 11.8 Å². The number of aryl methyl sites for hydroxylation is 1. The van der Waals surface area contributed by atoms with Crippen LogP contribution < -0.4 is 0 Å². The molecule has 0 aliphatic rings.